The van der Waals surface area contributed by atoms with Crippen LogP contribution in [0.2, 0.25) is 0 Å². The van der Waals surface area contributed by atoms with Crippen LogP contribution < -0.4 is 5.32 Å². The number of nitrogens with zero attached hydrogens (tertiary/aromatic N) is 1. The molecule has 4 heteroatoms. The highest BCUT2D eigenvalue weighted by atomic mass is 32.1. The van der Waals surface area contributed by atoms with Gasteiger partial charge in [0.05, 0.1) is 6.42 Å². The van der Waals surface area contributed by atoms with Crippen molar-refractivity contribution >= 4 is 17.2 Å². The number of hydrogen-bond acceptors (Lipinski definition) is 3. The molecule has 0 aliphatic carbocycles. The maximum atomic E-state index is 11.9. The molecule has 1 aliphatic rings. The number of amides is 1. The zero-order valence-electron chi connectivity index (χ0n) is 9.61. The lowest BCUT2D eigenvalue weighted by Crippen LogP contribution is -2.33. The summed E-state index contributed by atoms with van der Waals surface area (Å²) in [7, 11) is 1.91. The van der Waals surface area contributed by atoms with Crippen molar-refractivity contribution in [3.8, 4) is 0 Å². The van der Waals surface area contributed by atoms with Gasteiger partial charge in [-0.15, -0.1) is 0 Å². The first-order chi connectivity index (χ1) is 7.75. The largest absolute Gasteiger partial charge is 0.345 e. The monoisotopic (exact) mass is 238 g/mol. The molecule has 1 N–H and O–H groups in total. The van der Waals surface area contributed by atoms with Gasteiger partial charge in [-0.25, -0.2) is 0 Å². The minimum Gasteiger partial charge on any atom is -0.345 e. The van der Waals surface area contributed by atoms with Gasteiger partial charge in [-0.05, 0) is 47.8 Å². The van der Waals surface area contributed by atoms with E-state index in [0.717, 1.165) is 25.2 Å². The summed E-state index contributed by atoms with van der Waals surface area (Å²) >= 11 is 1.65. The van der Waals surface area contributed by atoms with E-state index in [1.54, 1.807) is 11.3 Å². The lowest BCUT2D eigenvalue weighted by Gasteiger charge is -2.20. The van der Waals surface area contributed by atoms with Gasteiger partial charge in [-0.1, -0.05) is 0 Å². The Morgan fingerprint density at radius 3 is 3.19 bits per heavy atom. The third-order valence-corrected chi connectivity index (χ3v) is 3.79. The second-order valence-electron chi connectivity index (χ2n) is 4.44. The van der Waals surface area contributed by atoms with E-state index >= 15 is 0 Å². The van der Waals surface area contributed by atoms with Crippen molar-refractivity contribution < 1.29 is 4.79 Å². The number of rotatable bonds is 4. The molecule has 0 bridgehead atoms. The fourth-order valence-electron chi connectivity index (χ4n) is 2.06. The first kappa shape index (κ1) is 11.6. The molecule has 1 aromatic heterocycles. The van der Waals surface area contributed by atoms with Crippen LogP contribution in [0, 0.1) is 5.92 Å². The third-order valence-electron chi connectivity index (χ3n) is 3.06. The van der Waals surface area contributed by atoms with E-state index in [9.17, 15) is 4.79 Å². The Balaban J connectivity index is 1.79. The van der Waals surface area contributed by atoms with Gasteiger partial charge in [0.15, 0.2) is 0 Å². The van der Waals surface area contributed by atoms with Gasteiger partial charge in [0, 0.05) is 13.6 Å². The lowest BCUT2D eigenvalue weighted by molar-refractivity contribution is -0.129. The molecule has 0 radical (unpaired) electrons. The summed E-state index contributed by atoms with van der Waals surface area (Å²) in [6, 6.07) is 2.02. The van der Waals surface area contributed by atoms with Gasteiger partial charge in [0.1, 0.15) is 0 Å². The normalized spacial score (nSPS) is 19.9. The van der Waals surface area contributed by atoms with E-state index in [2.05, 4.69) is 5.32 Å². The van der Waals surface area contributed by atoms with Crippen LogP contribution in [0.5, 0.6) is 0 Å². The standard InChI is InChI=1S/C12H18N2OS/c1-14(8-11-2-4-13-7-11)12(15)6-10-3-5-16-9-10/h3,5,9,11,13H,2,4,6-8H2,1H3. The molecule has 1 atom stereocenters. The zero-order chi connectivity index (χ0) is 11.4. The molecule has 1 aliphatic heterocycles. The molecular formula is C12H18N2OS. The van der Waals surface area contributed by atoms with Gasteiger partial charge in [-0.2, -0.15) is 11.3 Å². The van der Waals surface area contributed by atoms with Crippen molar-refractivity contribution in [2.75, 3.05) is 26.7 Å². The van der Waals surface area contributed by atoms with Crippen LogP contribution >= 0.6 is 11.3 Å². The summed E-state index contributed by atoms with van der Waals surface area (Å²) in [5.74, 6) is 0.863. The highest BCUT2D eigenvalue weighted by Crippen LogP contribution is 2.11. The molecule has 88 valence electrons. The van der Waals surface area contributed by atoms with Gasteiger partial charge in [-0.3, -0.25) is 4.79 Å². The van der Waals surface area contributed by atoms with Crippen LogP contribution in [0.25, 0.3) is 0 Å². The van der Waals surface area contributed by atoms with Crippen LogP contribution in [-0.2, 0) is 11.2 Å². The van der Waals surface area contributed by atoms with Crippen molar-refractivity contribution in [3.05, 3.63) is 22.4 Å². The van der Waals surface area contributed by atoms with E-state index < -0.39 is 0 Å². The molecule has 1 amide bonds. The molecular weight excluding hydrogens is 220 g/mol. The predicted molar refractivity (Wildman–Crippen MR) is 66.6 cm³/mol. The highest BCUT2D eigenvalue weighted by Gasteiger charge is 2.19. The van der Waals surface area contributed by atoms with Crippen molar-refractivity contribution in [2.24, 2.45) is 5.92 Å². The molecule has 0 spiro atoms. The van der Waals surface area contributed by atoms with E-state index in [1.807, 2.05) is 28.8 Å². The number of nitrogens with one attached hydrogen (secondary N) is 1. The summed E-state index contributed by atoms with van der Waals surface area (Å²) in [6.45, 7) is 3.03. The topological polar surface area (TPSA) is 32.3 Å². The number of hydrogen-bond donors (Lipinski definition) is 1. The van der Waals surface area contributed by atoms with Gasteiger partial charge >= 0.3 is 0 Å². The lowest BCUT2D eigenvalue weighted by atomic mass is 10.1. The van der Waals surface area contributed by atoms with Crippen LogP contribution in [0.15, 0.2) is 16.8 Å². The Morgan fingerprint density at radius 2 is 2.56 bits per heavy atom. The van der Waals surface area contributed by atoms with E-state index in [1.165, 1.54) is 6.42 Å². The van der Waals surface area contributed by atoms with Crippen molar-refractivity contribution in [3.63, 3.8) is 0 Å². The molecule has 1 unspecified atom stereocenters. The third kappa shape index (κ3) is 3.06. The van der Waals surface area contributed by atoms with Gasteiger partial charge in [0.2, 0.25) is 5.91 Å². The fraction of sp³-hybridized carbons (Fsp3) is 0.583. The van der Waals surface area contributed by atoms with E-state index in [0.29, 0.717) is 12.3 Å². The van der Waals surface area contributed by atoms with Gasteiger partial charge < -0.3 is 10.2 Å². The molecule has 1 aromatic rings. The maximum Gasteiger partial charge on any atom is 0.226 e. The first-order valence-corrected chi connectivity index (χ1v) is 6.66. The summed E-state index contributed by atoms with van der Waals surface area (Å²) in [5.41, 5.74) is 1.13. The average Bonchev–Trinajstić information content (AvgIpc) is 2.90. The van der Waals surface area contributed by atoms with E-state index in [4.69, 9.17) is 0 Å². The van der Waals surface area contributed by atoms with E-state index in [-0.39, 0.29) is 5.91 Å². The van der Waals surface area contributed by atoms with Crippen LogP contribution in [0.1, 0.15) is 12.0 Å². The quantitative estimate of drug-likeness (QED) is 0.859. The SMILES string of the molecule is CN(CC1CCNC1)C(=O)Cc1ccsc1. The van der Waals surface area contributed by atoms with Crippen molar-refractivity contribution in [1.29, 1.82) is 0 Å². The molecule has 3 nitrogen and oxygen atoms in total. The summed E-state index contributed by atoms with van der Waals surface area (Å²) in [4.78, 5) is 13.8. The molecule has 2 heterocycles. The average molecular weight is 238 g/mol. The predicted octanol–water partition coefficient (Wildman–Crippen LogP) is 1.36. The van der Waals surface area contributed by atoms with Crippen LogP contribution in [0.4, 0.5) is 0 Å². The minimum atomic E-state index is 0.227. The Bertz CT molecular complexity index is 331. The summed E-state index contributed by atoms with van der Waals surface area (Å²) < 4.78 is 0. The van der Waals surface area contributed by atoms with Crippen LogP contribution in [-0.4, -0.2) is 37.5 Å². The van der Waals surface area contributed by atoms with Crippen molar-refractivity contribution in [2.45, 2.75) is 12.8 Å². The molecule has 0 aromatic carbocycles. The molecule has 16 heavy (non-hydrogen) atoms. The molecule has 1 saturated heterocycles. The number of carbonyl (C=O) groups is 1. The maximum absolute atomic E-state index is 11.9. The second kappa shape index (κ2) is 5.46. The fourth-order valence-corrected chi connectivity index (χ4v) is 2.73. The number of likely N-dealkylation sites (N-methyl/N-ethyl adjacent to an activating group) is 1. The van der Waals surface area contributed by atoms with Gasteiger partial charge in [0.25, 0.3) is 0 Å². The Morgan fingerprint density at radius 1 is 1.69 bits per heavy atom. The molecule has 0 saturated carbocycles. The van der Waals surface area contributed by atoms with Crippen LogP contribution in [0.3, 0.4) is 0 Å². The Labute approximate surface area is 100 Å². The highest BCUT2D eigenvalue weighted by molar-refractivity contribution is 7.07. The second-order valence-corrected chi connectivity index (χ2v) is 5.22. The number of thiophene rings is 1. The smallest absolute Gasteiger partial charge is 0.226 e. The zero-order valence-corrected chi connectivity index (χ0v) is 10.4. The Hall–Kier alpha value is -0.870. The Kier molecular flexibility index (Phi) is 3.96. The summed E-state index contributed by atoms with van der Waals surface area (Å²) in [6.07, 6.45) is 1.73. The number of carbonyl (C=O) groups excluding carboxylic acids is 1. The first-order valence-electron chi connectivity index (χ1n) is 5.71. The molecule has 2 rings (SSSR count). The van der Waals surface area contributed by atoms with Crippen molar-refractivity contribution in [1.82, 2.24) is 10.2 Å². The summed E-state index contributed by atoms with van der Waals surface area (Å²) in [5, 5.41) is 7.39. The molecule has 1 fully saturated rings. The minimum absolute atomic E-state index is 0.227.